The Hall–Kier alpha value is -2.63. The summed E-state index contributed by atoms with van der Waals surface area (Å²) in [6.07, 6.45) is 2.49. The van der Waals surface area contributed by atoms with Crippen LogP contribution in [0, 0.1) is 0 Å². The van der Waals surface area contributed by atoms with Crippen molar-refractivity contribution in [3.05, 3.63) is 48.1 Å². The van der Waals surface area contributed by atoms with E-state index in [0.717, 1.165) is 23.4 Å². The summed E-state index contributed by atoms with van der Waals surface area (Å²) < 4.78 is 7.46. The molecule has 2 N–H and O–H groups in total. The third-order valence-corrected chi connectivity index (χ3v) is 3.10. The number of benzene rings is 1. The Bertz CT molecular complexity index is 701. The second kappa shape index (κ2) is 5.16. The Labute approximate surface area is 116 Å². The molecule has 6 heteroatoms. The van der Waals surface area contributed by atoms with E-state index in [1.807, 2.05) is 37.3 Å². The zero-order valence-electron chi connectivity index (χ0n) is 11.2. The average molecular weight is 269 g/mol. The minimum absolute atomic E-state index is 0.431. The van der Waals surface area contributed by atoms with E-state index >= 15 is 0 Å². The van der Waals surface area contributed by atoms with Crippen LogP contribution in [-0.2, 0) is 13.0 Å². The van der Waals surface area contributed by atoms with Crippen LogP contribution in [0.4, 0.5) is 5.82 Å². The van der Waals surface area contributed by atoms with Crippen molar-refractivity contribution in [1.29, 1.82) is 0 Å². The molecular weight excluding hydrogens is 254 g/mol. The maximum Gasteiger partial charge on any atom is 0.216 e. The molecule has 6 nitrogen and oxygen atoms in total. The van der Waals surface area contributed by atoms with E-state index in [1.54, 1.807) is 10.9 Å². The smallest absolute Gasteiger partial charge is 0.216 e. The molecule has 0 atom stereocenters. The summed E-state index contributed by atoms with van der Waals surface area (Å²) in [5, 5.41) is 7.88. The summed E-state index contributed by atoms with van der Waals surface area (Å²) in [7, 11) is 0. The molecule has 0 amide bonds. The summed E-state index contributed by atoms with van der Waals surface area (Å²) in [5.74, 6) is 1.79. The average Bonchev–Trinajstić information content (AvgIpc) is 3.08. The zero-order valence-corrected chi connectivity index (χ0v) is 11.2. The predicted molar refractivity (Wildman–Crippen MR) is 74.9 cm³/mol. The van der Waals surface area contributed by atoms with Gasteiger partial charge in [0.05, 0.1) is 11.9 Å². The molecule has 0 aliphatic carbocycles. The van der Waals surface area contributed by atoms with Gasteiger partial charge in [0.2, 0.25) is 5.89 Å². The quantitative estimate of drug-likeness (QED) is 0.784. The number of hydrogen-bond donors (Lipinski definition) is 1. The molecule has 2 heterocycles. The highest BCUT2D eigenvalue weighted by Crippen LogP contribution is 2.20. The highest BCUT2D eigenvalue weighted by atomic mass is 16.4. The largest absolute Gasteiger partial charge is 0.439 e. The van der Waals surface area contributed by atoms with Gasteiger partial charge in [-0.1, -0.05) is 42.5 Å². The number of oxazole rings is 1. The number of rotatable bonds is 4. The fourth-order valence-corrected chi connectivity index (χ4v) is 2.08. The van der Waals surface area contributed by atoms with Gasteiger partial charge in [-0.2, -0.15) is 0 Å². The monoisotopic (exact) mass is 269 g/mol. The van der Waals surface area contributed by atoms with Crippen LogP contribution in [0.25, 0.3) is 11.3 Å². The minimum Gasteiger partial charge on any atom is -0.439 e. The molecule has 0 spiro atoms. The first-order valence-electron chi connectivity index (χ1n) is 6.46. The minimum atomic E-state index is 0.431. The predicted octanol–water partition coefficient (Wildman–Crippen LogP) is 2.13. The molecule has 20 heavy (non-hydrogen) atoms. The van der Waals surface area contributed by atoms with Gasteiger partial charge >= 0.3 is 0 Å². The van der Waals surface area contributed by atoms with Crippen LogP contribution in [0.1, 0.15) is 18.5 Å². The molecule has 0 fully saturated rings. The summed E-state index contributed by atoms with van der Waals surface area (Å²) >= 11 is 0. The van der Waals surface area contributed by atoms with Crippen molar-refractivity contribution < 1.29 is 4.42 Å². The van der Waals surface area contributed by atoms with Crippen molar-refractivity contribution >= 4 is 5.82 Å². The van der Waals surface area contributed by atoms with Gasteiger partial charge in [-0.25, -0.2) is 9.67 Å². The summed E-state index contributed by atoms with van der Waals surface area (Å²) in [4.78, 5) is 4.28. The number of nitrogens with zero attached hydrogens (tertiary/aromatic N) is 4. The summed E-state index contributed by atoms with van der Waals surface area (Å²) in [6.45, 7) is 2.44. The van der Waals surface area contributed by atoms with Gasteiger partial charge in [0, 0.05) is 5.56 Å². The van der Waals surface area contributed by atoms with E-state index in [9.17, 15) is 0 Å². The Morgan fingerprint density at radius 1 is 1.25 bits per heavy atom. The summed E-state index contributed by atoms with van der Waals surface area (Å²) in [6, 6.07) is 9.85. The zero-order chi connectivity index (χ0) is 13.9. The van der Waals surface area contributed by atoms with E-state index in [-0.39, 0.29) is 0 Å². The lowest BCUT2D eigenvalue weighted by atomic mass is 10.2. The van der Waals surface area contributed by atoms with Gasteiger partial charge in [0.25, 0.3) is 0 Å². The number of hydrogen-bond acceptors (Lipinski definition) is 5. The van der Waals surface area contributed by atoms with E-state index in [4.69, 9.17) is 10.2 Å². The SMILES string of the molecule is CCc1c(N)nnn1Cc1ncc(-c2ccccc2)o1. The van der Waals surface area contributed by atoms with E-state index in [2.05, 4.69) is 15.3 Å². The van der Waals surface area contributed by atoms with Crippen molar-refractivity contribution in [3.8, 4) is 11.3 Å². The second-order valence-corrected chi connectivity index (χ2v) is 4.42. The normalized spacial score (nSPS) is 10.8. The Morgan fingerprint density at radius 3 is 2.80 bits per heavy atom. The molecule has 3 aromatic rings. The highest BCUT2D eigenvalue weighted by Gasteiger charge is 2.12. The fourth-order valence-electron chi connectivity index (χ4n) is 2.08. The number of anilines is 1. The van der Waals surface area contributed by atoms with Crippen LogP contribution in [0.3, 0.4) is 0 Å². The molecule has 0 saturated heterocycles. The van der Waals surface area contributed by atoms with E-state index in [1.165, 1.54) is 0 Å². The van der Waals surface area contributed by atoms with Gasteiger partial charge in [-0.05, 0) is 6.42 Å². The molecule has 2 aromatic heterocycles. The van der Waals surface area contributed by atoms with E-state index < -0.39 is 0 Å². The van der Waals surface area contributed by atoms with Crippen LogP contribution in [0.15, 0.2) is 40.9 Å². The maximum atomic E-state index is 5.76. The van der Waals surface area contributed by atoms with Crippen molar-refractivity contribution in [3.63, 3.8) is 0 Å². The van der Waals surface area contributed by atoms with Gasteiger partial charge in [0.1, 0.15) is 6.54 Å². The number of nitrogen functional groups attached to an aromatic ring is 1. The Morgan fingerprint density at radius 2 is 2.05 bits per heavy atom. The topological polar surface area (TPSA) is 82.8 Å². The van der Waals surface area contributed by atoms with Gasteiger partial charge < -0.3 is 10.2 Å². The summed E-state index contributed by atoms with van der Waals surface area (Å²) in [5.41, 5.74) is 7.65. The molecule has 0 bridgehead atoms. The molecule has 0 saturated carbocycles. The second-order valence-electron chi connectivity index (χ2n) is 4.42. The van der Waals surface area contributed by atoms with Crippen LogP contribution >= 0.6 is 0 Å². The maximum absolute atomic E-state index is 5.76. The van der Waals surface area contributed by atoms with Crippen LogP contribution in [-0.4, -0.2) is 20.0 Å². The van der Waals surface area contributed by atoms with Gasteiger partial charge in [-0.15, -0.1) is 5.10 Å². The van der Waals surface area contributed by atoms with E-state index in [0.29, 0.717) is 18.3 Å². The number of nitrogens with two attached hydrogens (primary N) is 1. The van der Waals surface area contributed by atoms with Crippen molar-refractivity contribution in [2.45, 2.75) is 19.9 Å². The third-order valence-electron chi connectivity index (χ3n) is 3.10. The van der Waals surface area contributed by atoms with Crippen molar-refractivity contribution in [1.82, 2.24) is 20.0 Å². The standard InChI is InChI=1S/C14H15N5O/c1-2-11-14(15)17-18-19(11)9-13-16-8-12(20-13)10-6-4-3-5-7-10/h3-8H,2,9,15H2,1H3. The fraction of sp³-hybridized carbons (Fsp3) is 0.214. The molecule has 0 unspecified atom stereocenters. The molecule has 1 aromatic carbocycles. The molecule has 3 rings (SSSR count). The molecule has 0 aliphatic heterocycles. The Kier molecular flexibility index (Phi) is 3.20. The van der Waals surface area contributed by atoms with Crippen LogP contribution in [0.2, 0.25) is 0 Å². The first-order valence-corrected chi connectivity index (χ1v) is 6.46. The first kappa shape index (κ1) is 12.4. The van der Waals surface area contributed by atoms with Gasteiger partial charge in [0.15, 0.2) is 11.6 Å². The van der Waals surface area contributed by atoms with Crippen molar-refractivity contribution in [2.24, 2.45) is 0 Å². The number of aromatic nitrogens is 4. The van der Waals surface area contributed by atoms with Gasteiger partial charge in [-0.3, -0.25) is 0 Å². The molecular formula is C14H15N5O. The van der Waals surface area contributed by atoms with Crippen LogP contribution in [0.5, 0.6) is 0 Å². The molecule has 0 radical (unpaired) electrons. The molecule has 0 aliphatic rings. The first-order chi connectivity index (χ1) is 9.78. The molecule has 102 valence electrons. The lowest BCUT2D eigenvalue weighted by Gasteiger charge is -2.01. The highest BCUT2D eigenvalue weighted by molar-refractivity contribution is 5.55. The lowest BCUT2D eigenvalue weighted by Crippen LogP contribution is -2.06. The van der Waals surface area contributed by atoms with Crippen molar-refractivity contribution in [2.75, 3.05) is 5.73 Å². The lowest BCUT2D eigenvalue weighted by molar-refractivity contribution is 0.463. The van der Waals surface area contributed by atoms with Crippen LogP contribution < -0.4 is 5.73 Å². The third kappa shape index (κ3) is 2.27. The Balaban J connectivity index is 1.84.